The highest BCUT2D eigenvalue weighted by atomic mass is 15.3. The minimum absolute atomic E-state index is 0.299. The molecular formula is C16H22N4. The Morgan fingerprint density at radius 3 is 2.85 bits per heavy atom. The Morgan fingerprint density at radius 2 is 2.10 bits per heavy atom. The first kappa shape index (κ1) is 13.3. The zero-order chi connectivity index (χ0) is 13.9. The van der Waals surface area contributed by atoms with Gasteiger partial charge in [0.25, 0.3) is 0 Å². The zero-order valence-electron chi connectivity index (χ0n) is 11.9. The van der Waals surface area contributed by atoms with Crippen molar-refractivity contribution in [1.82, 2.24) is 14.7 Å². The number of aromatic nitrogens is 2. The maximum absolute atomic E-state index is 6.16. The van der Waals surface area contributed by atoms with Crippen LogP contribution in [0.1, 0.15) is 18.9 Å². The van der Waals surface area contributed by atoms with Crippen molar-refractivity contribution in [3.8, 4) is 5.69 Å². The molecule has 2 unspecified atom stereocenters. The maximum atomic E-state index is 6.16. The average Bonchev–Trinajstić information content (AvgIpc) is 2.92. The molecule has 0 spiro atoms. The monoisotopic (exact) mass is 270 g/mol. The lowest BCUT2D eigenvalue weighted by atomic mass is 9.94. The minimum Gasteiger partial charge on any atom is -0.326 e. The number of para-hydroxylation sites is 1. The predicted octanol–water partition coefficient (Wildman–Crippen LogP) is 2.04. The first-order valence-corrected chi connectivity index (χ1v) is 7.29. The summed E-state index contributed by atoms with van der Waals surface area (Å²) in [5, 5.41) is 4.44. The lowest BCUT2D eigenvalue weighted by Crippen LogP contribution is -2.47. The molecule has 1 saturated heterocycles. The molecule has 1 fully saturated rings. The third-order valence-electron chi connectivity index (χ3n) is 4.16. The van der Waals surface area contributed by atoms with Crippen LogP contribution in [-0.2, 0) is 6.54 Å². The van der Waals surface area contributed by atoms with Gasteiger partial charge in [0.1, 0.15) is 0 Å². The van der Waals surface area contributed by atoms with Gasteiger partial charge in [-0.05, 0) is 31.0 Å². The van der Waals surface area contributed by atoms with E-state index in [0.29, 0.717) is 12.0 Å². The summed E-state index contributed by atoms with van der Waals surface area (Å²) in [4.78, 5) is 2.43. The van der Waals surface area contributed by atoms with Gasteiger partial charge in [0.15, 0.2) is 0 Å². The molecule has 1 aromatic carbocycles. The summed E-state index contributed by atoms with van der Waals surface area (Å²) in [6.07, 6.45) is 5.25. The molecule has 1 aliphatic rings. The van der Waals surface area contributed by atoms with Crippen molar-refractivity contribution in [3.63, 3.8) is 0 Å². The molecule has 0 radical (unpaired) electrons. The van der Waals surface area contributed by atoms with Gasteiger partial charge >= 0.3 is 0 Å². The van der Waals surface area contributed by atoms with Crippen molar-refractivity contribution < 1.29 is 0 Å². The summed E-state index contributed by atoms with van der Waals surface area (Å²) in [6.45, 7) is 5.30. The van der Waals surface area contributed by atoms with Gasteiger partial charge in [-0.25, -0.2) is 4.68 Å². The molecule has 20 heavy (non-hydrogen) atoms. The number of nitrogens with two attached hydrogens (primary N) is 1. The molecular weight excluding hydrogens is 248 g/mol. The van der Waals surface area contributed by atoms with Gasteiger partial charge in [-0.15, -0.1) is 0 Å². The maximum Gasteiger partial charge on any atom is 0.0645 e. The molecule has 3 rings (SSSR count). The van der Waals surface area contributed by atoms with E-state index in [-0.39, 0.29) is 0 Å². The topological polar surface area (TPSA) is 47.1 Å². The van der Waals surface area contributed by atoms with Crippen LogP contribution >= 0.6 is 0 Å². The summed E-state index contributed by atoms with van der Waals surface area (Å²) in [5.41, 5.74) is 8.50. The normalized spacial score (nSPS) is 23.9. The molecule has 0 bridgehead atoms. The predicted molar refractivity (Wildman–Crippen MR) is 80.6 cm³/mol. The van der Waals surface area contributed by atoms with E-state index in [0.717, 1.165) is 25.3 Å². The van der Waals surface area contributed by atoms with E-state index in [1.165, 1.54) is 12.0 Å². The highest BCUT2D eigenvalue weighted by Gasteiger charge is 2.23. The molecule has 2 heterocycles. The van der Waals surface area contributed by atoms with Crippen LogP contribution in [0.25, 0.3) is 5.69 Å². The zero-order valence-corrected chi connectivity index (χ0v) is 11.9. The van der Waals surface area contributed by atoms with Crippen molar-refractivity contribution >= 4 is 0 Å². The lowest BCUT2D eigenvalue weighted by Gasteiger charge is -2.34. The van der Waals surface area contributed by atoms with Crippen LogP contribution in [0.5, 0.6) is 0 Å². The summed E-state index contributed by atoms with van der Waals surface area (Å²) >= 11 is 0. The van der Waals surface area contributed by atoms with Gasteiger partial charge in [0, 0.05) is 30.9 Å². The Balaban J connectivity index is 1.66. The van der Waals surface area contributed by atoms with Crippen molar-refractivity contribution in [2.45, 2.75) is 25.9 Å². The van der Waals surface area contributed by atoms with E-state index >= 15 is 0 Å². The summed E-state index contributed by atoms with van der Waals surface area (Å²) in [5.74, 6) is 0.637. The Hall–Kier alpha value is -1.65. The first-order valence-electron chi connectivity index (χ1n) is 7.29. The number of rotatable bonds is 3. The molecule has 106 valence electrons. The third kappa shape index (κ3) is 2.92. The summed E-state index contributed by atoms with van der Waals surface area (Å²) < 4.78 is 1.93. The van der Waals surface area contributed by atoms with E-state index in [4.69, 9.17) is 5.73 Å². The summed E-state index contributed by atoms with van der Waals surface area (Å²) in [6, 6.07) is 10.5. The standard InChI is InChI=1S/C16H22N4/c1-13-7-8-19(12-16(13)17)10-14-9-18-20(11-14)15-5-3-2-4-6-15/h2-6,9,11,13,16H,7-8,10,12,17H2,1H3. The third-order valence-corrected chi connectivity index (χ3v) is 4.16. The van der Waals surface area contributed by atoms with Crippen LogP contribution < -0.4 is 5.73 Å². The number of likely N-dealkylation sites (tertiary alicyclic amines) is 1. The van der Waals surface area contributed by atoms with E-state index in [1.807, 2.05) is 29.1 Å². The van der Waals surface area contributed by atoms with Gasteiger partial charge in [-0.1, -0.05) is 25.1 Å². The quantitative estimate of drug-likeness (QED) is 0.928. The molecule has 1 aliphatic heterocycles. The van der Waals surface area contributed by atoms with Crippen LogP contribution in [0.3, 0.4) is 0 Å². The fraction of sp³-hybridized carbons (Fsp3) is 0.438. The SMILES string of the molecule is CC1CCN(Cc2cnn(-c3ccccc3)c2)CC1N. The largest absolute Gasteiger partial charge is 0.326 e. The summed E-state index contributed by atoms with van der Waals surface area (Å²) in [7, 11) is 0. The second kappa shape index (κ2) is 5.77. The molecule has 2 aromatic rings. The molecule has 2 N–H and O–H groups in total. The number of hydrogen-bond donors (Lipinski definition) is 1. The van der Waals surface area contributed by atoms with E-state index in [1.54, 1.807) is 0 Å². The van der Waals surface area contributed by atoms with Crippen LogP contribution in [0.15, 0.2) is 42.7 Å². The van der Waals surface area contributed by atoms with Gasteiger partial charge in [0.05, 0.1) is 11.9 Å². The van der Waals surface area contributed by atoms with Crippen molar-refractivity contribution in [3.05, 3.63) is 48.3 Å². The molecule has 0 aliphatic carbocycles. The molecule has 0 amide bonds. The van der Waals surface area contributed by atoms with E-state index in [2.05, 4.69) is 35.3 Å². The fourth-order valence-electron chi connectivity index (χ4n) is 2.74. The molecule has 1 aromatic heterocycles. The Bertz CT molecular complexity index is 549. The molecule has 0 saturated carbocycles. The van der Waals surface area contributed by atoms with Crippen LogP contribution in [0.2, 0.25) is 0 Å². The molecule has 4 nitrogen and oxygen atoms in total. The Morgan fingerprint density at radius 1 is 1.30 bits per heavy atom. The van der Waals surface area contributed by atoms with Crippen LogP contribution in [-0.4, -0.2) is 33.8 Å². The highest BCUT2D eigenvalue weighted by Crippen LogP contribution is 2.18. The van der Waals surface area contributed by atoms with Gasteiger partial charge in [-0.2, -0.15) is 5.10 Å². The highest BCUT2D eigenvalue weighted by molar-refractivity contribution is 5.30. The Labute approximate surface area is 120 Å². The second-order valence-electron chi connectivity index (χ2n) is 5.79. The fourth-order valence-corrected chi connectivity index (χ4v) is 2.74. The Kier molecular flexibility index (Phi) is 3.85. The minimum atomic E-state index is 0.299. The molecule has 2 atom stereocenters. The second-order valence-corrected chi connectivity index (χ2v) is 5.79. The van der Waals surface area contributed by atoms with Crippen molar-refractivity contribution in [1.29, 1.82) is 0 Å². The van der Waals surface area contributed by atoms with Gasteiger partial charge in [-0.3, -0.25) is 4.90 Å². The lowest BCUT2D eigenvalue weighted by molar-refractivity contribution is 0.162. The van der Waals surface area contributed by atoms with Gasteiger partial charge in [0.2, 0.25) is 0 Å². The first-order chi connectivity index (χ1) is 9.72. The van der Waals surface area contributed by atoms with Crippen molar-refractivity contribution in [2.75, 3.05) is 13.1 Å². The smallest absolute Gasteiger partial charge is 0.0645 e. The average molecular weight is 270 g/mol. The van der Waals surface area contributed by atoms with Crippen LogP contribution in [0.4, 0.5) is 0 Å². The van der Waals surface area contributed by atoms with Crippen molar-refractivity contribution in [2.24, 2.45) is 11.7 Å². The number of hydrogen-bond acceptors (Lipinski definition) is 3. The number of nitrogens with zero attached hydrogens (tertiary/aromatic N) is 3. The number of piperidine rings is 1. The van der Waals surface area contributed by atoms with Gasteiger partial charge < -0.3 is 5.73 Å². The van der Waals surface area contributed by atoms with E-state index < -0.39 is 0 Å². The van der Waals surface area contributed by atoms with E-state index in [9.17, 15) is 0 Å². The molecule has 4 heteroatoms. The van der Waals surface area contributed by atoms with Crippen LogP contribution in [0, 0.1) is 5.92 Å². The number of benzene rings is 1.